The Hall–Kier alpha value is -1.41. The Morgan fingerprint density at radius 2 is 1.83 bits per heavy atom. The summed E-state index contributed by atoms with van der Waals surface area (Å²) in [5.74, 6) is 0.497. The van der Waals surface area contributed by atoms with E-state index in [0.29, 0.717) is 12.0 Å². The maximum absolute atomic E-state index is 13.7. The fraction of sp³-hybridized carbons (Fsp3) is 0.524. The van der Waals surface area contributed by atoms with Gasteiger partial charge in [0.05, 0.1) is 6.04 Å². The first kappa shape index (κ1) is 16.4. The Kier molecular flexibility index (Phi) is 5.01. The van der Waals surface area contributed by atoms with Crippen molar-refractivity contribution >= 4 is 0 Å². The van der Waals surface area contributed by atoms with Gasteiger partial charge < -0.3 is 0 Å². The van der Waals surface area contributed by atoms with Gasteiger partial charge in [-0.1, -0.05) is 43.2 Å². The molecule has 1 aromatic carbocycles. The number of benzene rings is 1. The molecule has 0 bridgehead atoms. The van der Waals surface area contributed by atoms with Gasteiger partial charge in [-0.15, -0.1) is 0 Å². The highest BCUT2D eigenvalue weighted by Gasteiger charge is 2.28. The van der Waals surface area contributed by atoms with Crippen molar-refractivity contribution in [3.63, 3.8) is 0 Å². The fourth-order valence-corrected chi connectivity index (χ4v) is 3.86. The van der Waals surface area contributed by atoms with Crippen LogP contribution in [0.3, 0.4) is 0 Å². The van der Waals surface area contributed by atoms with Crippen molar-refractivity contribution in [2.45, 2.75) is 52.5 Å². The number of piperidine rings is 1. The lowest BCUT2D eigenvalue weighted by Crippen LogP contribution is -2.35. The van der Waals surface area contributed by atoms with Crippen molar-refractivity contribution in [2.75, 3.05) is 13.1 Å². The number of hydrogen-bond acceptors (Lipinski definition) is 1. The van der Waals surface area contributed by atoms with Crippen LogP contribution in [-0.4, -0.2) is 18.0 Å². The lowest BCUT2D eigenvalue weighted by atomic mass is 9.83. The quantitative estimate of drug-likeness (QED) is 0.704. The van der Waals surface area contributed by atoms with Crippen molar-refractivity contribution in [1.82, 2.24) is 4.90 Å². The Morgan fingerprint density at radius 3 is 2.48 bits per heavy atom. The monoisotopic (exact) mass is 313 g/mol. The summed E-state index contributed by atoms with van der Waals surface area (Å²) in [4.78, 5) is 2.60. The molecule has 2 aliphatic rings. The van der Waals surface area contributed by atoms with Crippen LogP contribution in [0.5, 0.6) is 0 Å². The molecule has 0 aromatic heterocycles. The van der Waals surface area contributed by atoms with E-state index < -0.39 is 0 Å². The van der Waals surface area contributed by atoms with Crippen LogP contribution >= 0.6 is 0 Å². The predicted octanol–water partition coefficient (Wildman–Crippen LogP) is 5.57. The Labute approximate surface area is 139 Å². The molecule has 23 heavy (non-hydrogen) atoms. The lowest BCUT2D eigenvalue weighted by molar-refractivity contribution is 0.180. The molecule has 0 saturated carbocycles. The van der Waals surface area contributed by atoms with Crippen molar-refractivity contribution in [2.24, 2.45) is 5.92 Å². The van der Waals surface area contributed by atoms with E-state index in [0.717, 1.165) is 25.1 Å². The second kappa shape index (κ2) is 7.00. The summed E-state index contributed by atoms with van der Waals surface area (Å²) in [7, 11) is 0. The Morgan fingerprint density at radius 1 is 1.09 bits per heavy atom. The first-order valence-electron chi connectivity index (χ1n) is 8.93. The molecule has 1 saturated heterocycles. The zero-order valence-corrected chi connectivity index (χ0v) is 14.6. The van der Waals surface area contributed by atoms with Crippen LogP contribution in [0.15, 0.2) is 41.5 Å². The maximum atomic E-state index is 13.7. The first-order chi connectivity index (χ1) is 11.1. The van der Waals surface area contributed by atoms with Crippen LogP contribution in [0.1, 0.15) is 56.7 Å². The molecule has 1 nitrogen and oxygen atoms in total. The highest BCUT2D eigenvalue weighted by atomic mass is 19.1. The van der Waals surface area contributed by atoms with Gasteiger partial charge in [0.25, 0.3) is 0 Å². The van der Waals surface area contributed by atoms with Gasteiger partial charge in [-0.3, -0.25) is 4.90 Å². The van der Waals surface area contributed by atoms with Crippen LogP contribution in [-0.2, 0) is 0 Å². The molecule has 2 atom stereocenters. The summed E-state index contributed by atoms with van der Waals surface area (Å²) in [5, 5.41) is 0. The average molecular weight is 313 g/mol. The molecule has 1 aliphatic carbocycles. The summed E-state index contributed by atoms with van der Waals surface area (Å²) in [6.45, 7) is 8.69. The number of likely N-dealkylation sites (tertiary alicyclic amines) is 1. The van der Waals surface area contributed by atoms with Gasteiger partial charge in [-0.2, -0.15) is 0 Å². The van der Waals surface area contributed by atoms with Gasteiger partial charge in [0, 0.05) is 0 Å². The SMILES string of the molecule is CC1=CC=C(C(c2ccc(F)c(C)c2)N2CCCCC2)CC1C. The third-order valence-electron chi connectivity index (χ3n) is 5.48. The van der Waals surface area contributed by atoms with Crippen molar-refractivity contribution < 1.29 is 4.39 Å². The summed E-state index contributed by atoms with van der Waals surface area (Å²) >= 11 is 0. The molecule has 0 radical (unpaired) electrons. The second-order valence-corrected chi connectivity index (χ2v) is 7.27. The van der Waals surface area contributed by atoms with Crippen LogP contribution in [0, 0.1) is 18.7 Å². The van der Waals surface area contributed by atoms with E-state index in [4.69, 9.17) is 0 Å². The molecule has 2 heteroatoms. The van der Waals surface area contributed by atoms with E-state index in [1.807, 2.05) is 19.1 Å². The molecule has 0 spiro atoms. The largest absolute Gasteiger partial charge is 0.293 e. The van der Waals surface area contributed by atoms with Gasteiger partial charge in [-0.05, 0) is 74.9 Å². The van der Waals surface area contributed by atoms with E-state index in [2.05, 4.69) is 30.9 Å². The van der Waals surface area contributed by atoms with Gasteiger partial charge in [0.15, 0.2) is 0 Å². The van der Waals surface area contributed by atoms with E-state index >= 15 is 0 Å². The topological polar surface area (TPSA) is 3.24 Å². The number of nitrogens with zero attached hydrogens (tertiary/aromatic N) is 1. The number of rotatable bonds is 3. The first-order valence-corrected chi connectivity index (χ1v) is 8.93. The zero-order chi connectivity index (χ0) is 16.4. The van der Waals surface area contributed by atoms with Crippen LogP contribution < -0.4 is 0 Å². The van der Waals surface area contributed by atoms with Crippen molar-refractivity contribution in [3.05, 3.63) is 58.4 Å². The van der Waals surface area contributed by atoms with Gasteiger partial charge in [-0.25, -0.2) is 4.39 Å². The summed E-state index contributed by atoms with van der Waals surface area (Å²) in [5.41, 5.74) is 4.94. The lowest BCUT2D eigenvalue weighted by Gasteiger charge is -2.38. The van der Waals surface area contributed by atoms with E-state index in [1.54, 1.807) is 6.07 Å². The molecule has 3 rings (SSSR count). The Balaban J connectivity index is 1.98. The normalized spacial score (nSPS) is 24.1. The smallest absolute Gasteiger partial charge is 0.126 e. The molecule has 2 unspecified atom stereocenters. The van der Waals surface area contributed by atoms with Crippen LogP contribution in [0.2, 0.25) is 0 Å². The van der Waals surface area contributed by atoms with Crippen LogP contribution in [0.4, 0.5) is 4.39 Å². The molecular weight excluding hydrogens is 285 g/mol. The fourth-order valence-electron chi connectivity index (χ4n) is 3.86. The second-order valence-electron chi connectivity index (χ2n) is 7.27. The standard InChI is InChI=1S/C21H28FN/c1-15-7-8-18(13-16(15)2)21(23-11-5-4-6-12-23)19-9-10-20(22)17(3)14-19/h7-10,14,16,21H,4-6,11-13H2,1-3H3. The minimum atomic E-state index is -0.104. The molecule has 0 N–H and O–H groups in total. The minimum Gasteiger partial charge on any atom is -0.293 e. The number of halogens is 1. The Bertz CT molecular complexity index is 623. The van der Waals surface area contributed by atoms with Crippen LogP contribution in [0.25, 0.3) is 0 Å². The molecule has 1 aliphatic heterocycles. The third-order valence-corrected chi connectivity index (χ3v) is 5.48. The molecule has 124 valence electrons. The van der Waals surface area contributed by atoms with Gasteiger partial charge >= 0.3 is 0 Å². The van der Waals surface area contributed by atoms with E-state index in [-0.39, 0.29) is 5.82 Å². The molecule has 1 aromatic rings. The van der Waals surface area contributed by atoms with Crippen molar-refractivity contribution in [3.8, 4) is 0 Å². The third kappa shape index (κ3) is 3.58. The van der Waals surface area contributed by atoms with Crippen molar-refractivity contribution in [1.29, 1.82) is 0 Å². The zero-order valence-electron chi connectivity index (χ0n) is 14.6. The average Bonchev–Trinajstić information content (AvgIpc) is 2.55. The molecular formula is C21H28FN. The summed E-state index contributed by atoms with van der Waals surface area (Å²) in [6.07, 6.45) is 9.58. The summed E-state index contributed by atoms with van der Waals surface area (Å²) < 4.78 is 13.7. The van der Waals surface area contributed by atoms with E-state index in [9.17, 15) is 4.39 Å². The predicted molar refractivity (Wildman–Crippen MR) is 94.9 cm³/mol. The van der Waals surface area contributed by atoms with Gasteiger partial charge in [0.1, 0.15) is 5.82 Å². The molecule has 1 fully saturated rings. The van der Waals surface area contributed by atoms with E-state index in [1.165, 1.54) is 36.0 Å². The highest BCUT2D eigenvalue weighted by molar-refractivity contribution is 5.37. The molecule has 1 heterocycles. The van der Waals surface area contributed by atoms with Gasteiger partial charge in [0.2, 0.25) is 0 Å². The molecule has 0 amide bonds. The maximum Gasteiger partial charge on any atom is 0.126 e. The number of aryl methyl sites for hydroxylation is 1. The minimum absolute atomic E-state index is 0.104. The summed E-state index contributed by atoms with van der Waals surface area (Å²) in [6, 6.07) is 5.97. The number of allylic oxidation sites excluding steroid dienone is 3. The number of hydrogen-bond donors (Lipinski definition) is 0. The highest BCUT2D eigenvalue weighted by Crippen LogP contribution is 2.38.